The summed E-state index contributed by atoms with van der Waals surface area (Å²) >= 11 is 0. The van der Waals surface area contributed by atoms with Crippen molar-refractivity contribution in [3.05, 3.63) is 11.8 Å². The molecule has 0 saturated carbocycles. The average Bonchev–Trinajstić information content (AvgIpc) is 2.82. The number of carbonyl (C=O) groups excluding carboxylic acids is 1. The fourth-order valence-electron chi connectivity index (χ4n) is 1.97. The van der Waals surface area contributed by atoms with Crippen LogP contribution in [0.2, 0.25) is 0 Å². The van der Waals surface area contributed by atoms with Gasteiger partial charge in [0, 0.05) is 0 Å². The maximum Gasteiger partial charge on any atom is 0.341 e. The molecule has 0 aliphatic carbocycles. The van der Waals surface area contributed by atoms with E-state index in [0.29, 0.717) is 0 Å². The van der Waals surface area contributed by atoms with E-state index in [-0.39, 0.29) is 43.4 Å². The molecule has 8 nitrogen and oxygen atoms in total. The molecular formula is C10H13N3O5. The molecule has 8 heteroatoms. The fourth-order valence-corrected chi connectivity index (χ4v) is 1.97. The molecule has 1 aliphatic rings. The molecule has 2 rings (SSSR count). The monoisotopic (exact) mass is 255 g/mol. The quantitative estimate of drug-likeness (QED) is 0.614. The van der Waals surface area contributed by atoms with Gasteiger partial charge in [-0.3, -0.25) is 9.69 Å². The summed E-state index contributed by atoms with van der Waals surface area (Å²) in [6.07, 6.45) is 0.283. The zero-order chi connectivity index (χ0) is 13.3. The number of hydrogen-bond donors (Lipinski definition) is 3. The molecule has 3 N–H and O–H groups in total. The Balaban J connectivity index is 2.43. The van der Waals surface area contributed by atoms with Crippen molar-refractivity contribution in [1.29, 1.82) is 0 Å². The maximum atomic E-state index is 11.7. The molecule has 0 aromatic carbocycles. The van der Waals surface area contributed by atoms with Crippen LogP contribution in [-0.2, 0) is 11.3 Å². The van der Waals surface area contributed by atoms with Gasteiger partial charge in [-0.05, 0) is 0 Å². The first-order valence-corrected chi connectivity index (χ1v) is 5.43. The first-order chi connectivity index (χ1) is 8.54. The van der Waals surface area contributed by atoms with Gasteiger partial charge in [0.25, 0.3) is 0 Å². The molecule has 2 heterocycles. The van der Waals surface area contributed by atoms with E-state index in [1.807, 2.05) is 0 Å². The Morgan fingerprint density at radius 1 is 1.56 bits per heavy atom. The summed E-state index contributed by atoms with van der Waals surface area (Å²) in [6, 6.07) is 0. The SMILES string of the molecule is O=C(O)c1cnn(CCO)c1N1CC(O)CC1=O. The van der Waals surface area contributed by atoms with Gasteiger partial charge in [-0.15, -0.1) is 0 Å². The zero-order valence-corrected chi connectivity index (χ0v) is 9.48. The molecule has 1 aromatic heterocycles. The van der Waals surface area contributed by atoms with Crippen LogP contribution < -0.4 is 4.90 Å². The smallest absolute Gasteiger partial charge is 0.341 e. The molecule has 1 unspecified atom stereocenters. The highest BCUT2D eigenvalue weighted by atomic mass is 16.4. The van der Waals surface area contributed by atoms with Gasteiger partial charge >= 0.3 is 5.97 Å². The van der Waals surface area contributed by atoms with Crippen LogP contribution in [0.1, 0.15) is 16.8 Å². The second kappa shape index (κ2) is 4.75. The van der Waals surface area contributed by atoms with Gasteiger partial charge < -0.3 is 15.3 Å². The molecule has 1 aliphatic heterocycles. The number of hydrogen-bond acceptors (Lipinski definition) is 5. The van der Waals surface area contributed by atoms with E-state index < -0.39 is 12.1 Å². The Hall–Kier alpha value is -1.93. The van der Waals surface area contributed by atoms with Crippen LogP contribution in [0.5, 0.6) is 0 Å². The minimum atomic E-state index is -1.21. The summed E-state index contributed by atoms with van der Waals surface area (Å²) in [5.41, 5.74) is -0.120. The molecule has 18 heavy (non-hydrogen) atoms. The first-order valence-electron chi connectivity index (χ1n) is 5.43. The van der Waals surface area contributed by atoms with E-state index >= 15 is 0 Å². The minimum Gasteiger partial charge on any atom is -0.477 e. The fraction of sp³-hybridized carbons (Fsp3) is 0.500. The lowest BCUT2D eigenvalue weighted by atomic mass is 10.3. The van der Waals surface area contributed by atoms with Gasteiger partial charge in [-0.1, -0.05) is 0 Å². The van der Waals surface area contributed by atoms with Crippen molar-refractivity contribution in [2.24, 2.45) is 0 Å². The zero-order valence-electron chi connectivity index (χ0n) is 9.48. The van der Waals surface area contributed by atoms with Gasteiger partial charge in [0.05, 0.1) is 38.4 Å². The third-order valence-corrected chi connectivity index (χ3v) is 2.71. The molecular weight excluding hydrogens is 242 g/mol. The van der Waals surface area contributed by atoms with E-state index in [1.165, 1.54) is 9.58 Å². The number of anilines is 1. The summed E-state index contributed by atoms with van der Waals surface area (Å²) in [4.78, 5) is 23.9. The number of aromatic nitrogens is 2. The van der Waals surface area contributed by atoms with E-state index in [4.69, 9.17) is 10.2 Å². The Morgan fingerprint density at radius 2 is 2.28 bits per heavy atom. The number of carboxylic acids is 1. The van der Waals surface area contributed by atoms with Crippen molar-refractivity contribution in [2.75, 3.05) is 18.1 Å². The van der Waals surface area contributed by atoms with Gasteiger partial charge in [-0.25, -0.2) is 9.48 Å². The highest BCUT2D eigenvalue weighted by molar-refractivity contribution is 6.02. The molecule has 0 spiro atoms. The lowest BCUT2D eigenvalue weighted by Gasteiger charge is -2.18. The van der Waals surface area contributed by atoms with Crippen LogP contribution in [0.4, 0.5) is 5.82 Å². The van der Waals surface area contributed by atoms with Gasteiger partial charge in [0.1, 0.15) is 11.4 Å². The number of aromatic carboxylic acids is 1. The van der Waals surface area contributed by atoms with Gasteiger partial charge in [0.2, 0.25) is 5.91 Å². The standard InChI is InChI=1S/C10H13N3O5/c14-2-1-13-9(7(4-11-13)10(17)18)12-5-6(15)3-8(12)16/h4,6,14-15H,1-3,5H2,(H,17,18). The topological polar surface area (TPSA) is 116 Å². The van der Waals surface area contributed by atoms with Crippen LogP contribution in [0, 0.1) is 0 Å². The van der Waals surface area contributed by atoms with Crippen molar-refractivity contribution < 1.29 is 24.9 Å². The van der Waals surface area contributed by atoms with Crippen molar-refractivity contribution in [1.82, 2.24) is 9.78 Å². The van der Waals surface area contributed by atoms with Gasteiger partial charge in [-0.2, -0.15) is 5.10 Å². The first kappa shape index (κ1) is 12.5. The second-order valence-corrected chi connectivity index (χ2v) is 4.00. The van der Waals surface area contributed by atoms with E-state index in [1.54, 1.807) is 0 Å². The molecule has 1 fully saturated rings. The summed E-state index contributed by atoms with van der Waals surface area (Å²) < 4.78 is 1.25. The summed E-state index contributed by atoms with van der Waals surface area (Å²) in [5, 5.41) is 31.2. The number of carboxylic acid groups (broad SMARTS) is 1. The number of rotatable bonds is 4. The average molecular weight is 255 g/mol. The number of carbonyl (C=O) groups is 2. The predicted molar refractivity (Wildman–Crippen MR) is 59.2 cm³/mol. The van der Waals surface area contributed by atoms with Crippen LogP contribution in [0.15, 0.2) is 6.20 Å². The molecule has 1 saturated heterocycles. The number of nitrogens with zero attached hydrogens (tertiary/aromatic N) is 3. The van der Waals surface area contributed by atoms with E-state index in [0.717, 1.165) is 6.20 Å². The number of amides is 1. The summed E-state index contributed by atoms with van der Waals surface area (Å²) in [7, 11) is 0. The summed E-state index contributed by atoms with van der Waals surface area (Å²) in [6.45, 7) is -0.100. The number of aliphatic hydroxyl groups is 2. The lowest BCUT2D eigenvalue weighted by molar-refractivity contribution is -0.117. The Labute approximate surface area is 102 Å². The van der Waals surface area contributed by atoms with Crippen LogP contribution in [0.25, 0.3) is 0 Å². The summed E-state index contributed by atoms with van der Waals surface area (Å²) in [5.74, 6) is -1.45. The third-order valence-electron chi connectivity index (χ3n) is 2.71. The minimum absolute atomic E-state index is 0.0379. The lowest BCUT2D eigenvalue weighted by Crippen LogP contribution is -2.30. The van der Waals surface area contributed by atoms with Gasteiger partial charge in [0.15, 0.2) is 0 Å². The van der Waals surface area contributed by atoms with Crippen LogP contribution in [-0.4, -0.2) is 56.2 Å². The maximum absolute atomic E-state index is 11.7. The highest BCUT2D eigenvalue weighted by Crippen LogP contribution is 2.25. The number of β-amino-alcohol motifs (C(OH)–C–C–N with tert-alkyl or cyclic N) is 1. The second-order valence-electron chi connectivity index (χ2n) is 4.00. The molecule has 1 atom stereocenters. The van der Waals surface area contributed by atoms with Crippen LogP contribution in [0.3, 0.4) is 0 Å². The largest absolute Gasteiger partial charge is 0.477 e. The van der Waals surface area contributed by atoms with E-state index in [2.05, 4.69) is 5.10 Å². The highest BCUT2D eigenvalue weighted by Gasteiger charge is 2.34. The van der Waals surface area contributed by atoms with Crippen molar-refractivity contribution >= 4 is 17.7 Å². The Morgan fingerprint density at radius 3 is 2.78 bits per heavy atom. The third kappa shape index (κ3) is 2.07. The van der Waals surface area contributed by atoms with Crippen molar-refractivity contribution in [2.45, 2.75) is 19.1 Å². The Kier molecular flexibility index (Phi) is 3.30. The van der Waals surface area contributed by atoms with Crippen molar-refractivity contribution in [3.8, 4) is 0 Å². The van der Waals surface area contributed by atoms with Crippen molar-refractivity contribution in [3.63, 3.8) is 0 Å². The molecule has 0 bridgehead atoms. The molecule has 1 aromatic rings. The molecule has 0 radical (unpaired) electrons. The normalized spacial score (nSPS) is 19.6. The van der Waals surface area contributed by atoms with E-state index in [9.17, 15) is 14.7 Å². The van der Waals surface area contributed by atoms with Crippen LogP contribution >= 0.6 is 0 Å². The Bertz CT molecular complexity index is 484. The predicted octanol–water partition coefficient (Wildman–Crippen LogP) is -1.33. The number of aliphatic hydroxyl groups excluding tert-OH is 2. The molecule has 1 amide bonds. The molecule has 98 valence electrons.